The molecule has 0 radical (unpaired) electrons. The first kappa shape index (κ1) is 15.7. The quantitative estimate of drug-likeness (QED) is 0.889. The Morgan fingerprint density at radius 1 is 1.17 bits per heavy atom. The molecule has 0 saturated carbocycles. The normalized spacial score (nSPS) is 18.9. The molecule has 2 atom stereocenters. The van der Waals surface area contributed by atoms with Crippen molar-refractivity contribution < 1.29 is 9.84 Å². The minimum Gasteiger partial charge on any atom is -0.508 e. The maximum atomic E-state index is 9.99. The average molecular weight is 312 g/mol. The highest BCUT2D eigenvalue weighted by Crippen LogP contribution is 2.31. The Kier molecular flexibility index (Phi) is 4.72. The van der Waals surface area contributed by atoms with Crippen LogP contribution in [0.4, 0.5) is 5.69 Å². The van der Waals surface area contributed by atoms with Gasteiger partial charge in [0.25, 0.3) is 0 Å². The maximum Gasteiger partial charge on any atom is 0.142 e. The summed E-state index contributed by atoms with van der Waals surface area (Å²) in [6.07, 6.45) is 1.08. The van der Waals surface area contributed by atoms with E-state index >= 15 is 0 Å². The van der Waals surface area contributed by atoms with E-state index in [1.54, 1.807) is 13.2 Å². The molecular weight excluding hydrogens is 288 g/mol. The zero-order valence-electron chi connectivity index (χ0n) is 13.7. The van der Waals surface area contributed by atoms with Crippen LogP contribution in [0, 0.1) is 0 Å². The van der Waals surface area contributed by atoms with Crippen LogP contribution in [0.3, 0.4) is 0 Å². The summed E-state index contributed by atoms with van der Waals surface area (Å²) in [5.74, 6) is 1.27. The number of ether oxygens (including phenoxy) is 1. The van der Waals surface area contributed by atoms with Crippen molar-refractivity contribution in [3.63, 3.8) is 0 Å². The van der Waals surface area contributed by atoms with Gasteiger partial charge in [-0.3, -0.25) is 0 Å². The van der Waals surface area contributed by atoms with E-state index in [1.807, 2.05) is 36.4 Å². The number of hydrogen-bond acceptors (Lipinski definition) is 4. The number of phenolic OH excluding ortho intramolecular Hbond substituents is 1. The molecule has 2 aromatic carbocycles. The van der Waals surface area contributed by atoms with Gasteiger partial charge in [-0.15, -0.1) is 0 Å². The molecule has 0 bridgehead atoms. The standard InChI is InChI=1S/C19H24N2O2/c1-14(16-7-3-5-9-18(16)22)20-15-11-12-21(13-15)17-8-4-6-10-19(17)23-2/h3-10,14-15,20,22H,11-13H2,1-2H3. The number of nitrogens with one attached hydrogen (secondary N) is 1. The molecule has 1 aliphatic heterocycles. The smallest absolute Gasteiger partial charge is 0.142 e. The Bertz CT molecular complexity index is 659. The number of hydrogen-bond donors (Lipinski definition) is 2. The number of anilines is 1. The Balaban J connectivity index is 1.65. The fraction of sp³-hybridized carbons (Fsp3) is 0.368. The van der Waals surface area contributed by atoms with Gasteiger partial charge in [0.2, 0.25) is 0 Å². The highest BCUT2D eigenvalue weighted by Gasteiger charge is 2.26. The van der Waals surface area contributed by atoms with Gasteiger partial charge in [0.05, 0.1) is 12.8 Å². The van der Waals surface area contributed by atoms with Gasteiger partial charge in [-0.25, -0.2) is 0 Å². The van der Waals surface area contributed by atoms with E-state index in [2.05, 4.69) is 23.2 Å². The second-order valence-electron chi connectivity index (χ2n) is 6.05. The summed E-state index contributed by atoms with van der Waals surface area (Å²) >= 11 is 0. The summed E-state index contributed by atoms with van der Waals surface area (Å²) in [5.41, 5.74) is 2.10. The molecule has 4 heteroatoms. The highest BCUT2D eigenvalue weighted by atomic mass is 16.5. The fourth-order valence-corrected chi connectivity index (χ4v) is 3.30. The van der Waals surface area contributed by atoms with Crippen molar-refractivity contribution >= 4 is 5.69 Å². The van der Waals surface area contributed by atoms with Crippen molar-refractivity contribution in [3.05, 3.63) is 54.1 Å². The second kappa shape index (κ2) is 6.92. The summed E-state index contributed by atoms with van der Waals surface area (Å²) in [6.45, 7) is 4.05. The van der Waals surface area contributed by atoms with E-state index in [4.69, 9.17) is 4.74 Å². The number of rotatable bonds is 5. The van der Waals surface area contributed by atoms with Gasteiger partial charge >= 0.3 is 0 Å². The lowest BCUT2D eigenvalue weighted by Gasteiger charge is -2.23. The van der Waals surface area contributed by atoms with Crippen molar-refractivity contribution in [2.24, 2.45) is 0 Å². The molecule has 0 spiro atoms. The van der Waals surface area contributed by atoms with E-state index in [0.29, 0.717) is 11.8 Å². The van der Waals surface area contributed by atoms with Crippen molar-refractivity contribution in [2.75, 3.05) is 25.1 Å². The first-order valence-corrected chi connectivity index (χ1v) is 8.11. The van der Waals surface area contributed by atoms with Crippen LogP contribution in [0.15, 0.2) is 48.5 Å². The Morgan fingerprint density at radius 2 is 1.91 bits per heavy atom. The number of methoxy groups -OCH3 is 1. The summed E-state index contributed by atoms with van der Waals surface area (Å²) in [7, 11) is 1.71. The SMILES string of the molecule is COc1ccccc1N1CCC(NC(C)c2ccccc2O)C1. The predicted molar refractivity (Wildman–Crippen MR) is 93.3 cm³/mol. The van der Waals surface area contributed by atoms with E-state index < -0.39 is 0 Å². The topological polar surface area (TPSA) is 44.7 Å². The lowest BCUT2D eigenvalue weighted by atomic mass is 10.1. The minimum atomic E-state index is 0.124. The molecule has 3 rings (SSSR count). The molecule has 1 saturated heterocycles. The molecule has 0 amide bonds. The third-order valence-corrected chi connectivity index (χ3v) is 4.50. The molecule has 2 aromatic rings. The van der Waals surface area contributed by atoms with Gasteiger partial charge in [-0.05, 0) is 31.5 Å². The summed E-state index contributed by atoms with van der Waals surface area (Å²) < 4.78 is 5.46. The van der Waals surface area contributed by atoms with Crippen molar-refractivity contribution in [3.8, 4) is 11.5 Å². The lowest BCUT2D eigenvalue weighted by Crippen LogP contribution is -2.34. The zero-order valence-corrected chi connectivity index (χ0v) is 13.7. The third kappa shape index (κ3) is 3.42. The number of benzene rings is 2. The predicted octanol–water partition coefficient (Wildman–Crippen LogP) is 3.33. The molecule has 1 fully saturated rings. The monoisotopic (exact) mass is 312 g/mol. The van der Waals surface area contributed by atoms with E-state index in [1.165, 1.54) is 0 Å². The summed E-state index contributed by atoms with van der Waals surface area (Å²) in [4.78, 5) is 2.36. The van der Waals surface area contributed by atoms with Crippen molar-refractivity contribution in [1.29, 1.82) is 0 Å². The average Bonchev–Trinajstić information content (AvgIpc) is 3.03. The van der Waals surface area contributed by atoms with Crippen LogP contribution < -0.4 is 15.0 Å². The van der Waals surface area contributed by atoms with Gasteiger partial charge in [0, 0.05) is 30.7 Å². The molecule has 4 nitrogen and oxygen atoms in total. The Morgan fingerprint density at radius 3 is 2.70 bits per heavy atom. The minimum absolute atomic E-state index is 0.124. The first-order chi connectivity index (χ1) is 11.2. The molecule has 23 heavy (non-hydrogen) atoms. The van der Waals surface area contributed by atoms with Crippen molar-refractivity contribution in [2.45, 2.75) is 25.4 Å². The van der Waals surface area contributed by atoms with Crippen LogP contribution in [0.1, 0.15) is 24.9 Å². The molecule has 122 valence electrons. The highest BCUT2D eigenvalue weighted by molar-refractivity contribution is 5.59. The van der Waals surface area contributed by atoms with Crippen LogP contribution >= 0.6 is 0 Å². The first-order valence-electron chi connectivity index (χ1n) is 8.11. The lowest BCUT2D eigenvalue weighted by molar-refractivity contribution is 0.414. The molecular formula is C19H24N2O2. The zero-order chi connectivity index (χ0) is 16.2. The number of para-hydroxylation sites is 3. The Labute approximate surface area is 137 Å². The van der Waals surface area contributed by atoms with E-state index in [0.717, 1.165) is 36.5 Å². The van der Waals surface area contributed by atoms with Gasteiger partial charge < -0.3 is 20.1 Å². The van der Waals surface area contributed by atoms with Gasteiger partial charge in [-0.1, -0.05) is 30.3 Å². The van der Waals surface area contributed by atoms with Gasteiger partial charge in [0.15, 0.2) is 0 Å². The molecule has 0 aliphatic carbocycles. The van der Waals surface area contributed by atoms with Crippen LogP contribution in [-0.4, -0.2) is 31.3 Å². The largest absolute Gasteiger partial charge is 0.508 e. The van der Waals surface area contributed by atoms with Crippen LogP contribution in [0.5, 0.6) is 11.5 Å². The number of phenols is 1. The number of nitrogens with zero attached hydrogens (tertiary/aromatic N) is 1. The molecule has 2 N–H and O–H groups in total. The maximum absolute atomic E-state index is 9.99. The summed E-state index contributed by atoms with van der Waals surface area (Å²) in [5, 5.41) is 13.6. The van der Waals surface area contributed by atoms with Crippen LogP contribution in [0.25, 0.3) is 0 Å². The second-order valence-corrected chi connectivity index (χ2v) is 6.05. The van der Waals surface area contributed by atoms with E-state index in [-0.39, 0.29) is 6.04 Å². The summed E-state index contributed by atoms with van der Waals surface area (Å²) in [6, 6.07) is 16.2. The van der Waals surface area contributed by atoms with Crippen molar-refractivity contribution in [1.82, 2.24) is 5.32 Å². The van der Waals surface area contributed by atoms with Crippen LogP contribution in [0.2, 0.25) is 0 Å². The van der Waals surface area contributed by atoms with Crippen LogP contribution in [-0.2, 0) is 0 Å². The van der Waals surface area contributed by atoms with Gasteiger partial charge in [0.1, 0.15) is 11.5 Å². The number of aromatic hydroxyl groups is 1. The Hall–Kier alpha value is -2.20. The molecule has 1 heterocycles. The molecule has 0 aromatic heterocycles. The fourth-order valence-electron chi connectivity index (χ4n) is 3.30. The van der Waals surface area contributed by atoms with E-state index in [9.17, 15) is 5.11 Å². The third-order valence-electron chi connectivity index (χ3n) is 4.50. The molecule has 2 unspecified atom stereocenters. The molecule has 1 aliphatic rings. The van der Waals surface area contributed by atoms with Gasteiger partial charge in [-0.2, -0.15) is 0 Å².